The maximum Gasteiger partial charge on any atom is 0.191 e. The van der Waals surface area contributed by atoms with Crippen molar-refractivity contribution in [3.05, 3.63) is 45.9 Å². The molecule has 2 rings (SSSR count). The summed E-state index contributed by atoms with van der Waals surface area (Å²) in [7, 11) is 5.84. The molecule has 0 fully saturated rings. The van der Waals surface area contributed by atoms with Crippen LogP contribution in [0.1, 0.15) is 29.2 Å². The molecule has 1 heterocycles. The highest BCUT2D eigenvalue weighted by Crippen LogP contribution is 2.21. The van der Waals surface area contributed by atoms with E-state index in [0.717, 1.165) is 41.9 Å². The Morgan fingerprint density at radius 3 is 2.56 bits per heavy atom. The maximum atomic E-state index is 5.26. The molecule has 0 saturated heterocycles. The minimum Gasteiger partial charge on any atom is -0.497 e. The highest BCUT2D eigenvalue weighted by atomic mass is 32.1. The van der Waals surface area contributed by atoms with Crippen molar-refractivity contribution in [2.75, 3.05) is 40.8 Å². The normalized spacial score (nSPS) is 12.9. The van der Waals surface area contributed by atoms with Crippen LogP contribution in [0.5, 0.6) is 5.75 Å². The lowest BCUT2D eigenvalue weighted by Gasteiger charge is -2.24. The smallest absolute Gasteiger partial charge is 0.191 e. The minimum absolute atomic E-state index is 0.201. The third-order valence-electron chi connectivity index (χ3n) is 4.23. The van der Waals surface area contributed by atoms with Crippen molar-refractivity contribution in [1.82, 2.24) is 20.5 Å². The molecule has 6 nitrogen and oxygen atoms in total. The number of benzene rings is 1. The Balaban J connectivity index is 1.98. The number of methoxy groups -OCH3 is 1. The summed E-state index contributed by atoms with van der Waals surface area (Å²) in [6.07, 6.45) is 0.893. The SMILES string of the molecule is CCNC(=NCC(c1ccc(OC)cc1)N(C)C)NCCc1csc(C)n1. The standard InChI is InChI=1S/C20H31N5OS/c1-6-21-20(22-12-11-17-14-27-15(2)24-17)23-13-19(25(3)4)16-7-9-18(26-5)10-8-16/h7-10,14,19H,6,11-13H2,1-5H3,(H2,21,22,23). The van der Waals surface area contributed by atoms with Gasteiger partial charge in [-0.3, -0.25) is 4.99 Å². The summed E-state index contributed by atoms with van der Waals surface area (Å²) in [6, 6.07) is 8.39. The number of nitrogens with zero attached hydrogens (tertiary/aromatic N) is 3. The molecule has 2 N–H and O–H groups in total. The molecule has 0 aliphatic rings. The first-order chi connectivity index (χ1) is 13.0. The van der Waals surface area contributed by atoms with E-state index in [1.807, 2.05) is 19.1 Å². The van der Waals surface area contributed by atoms with E-state index < -0.39 is 0 Å². The number of aryl methyl sites for hydroxylation is 1. The lowest BCUT2D eigenvalue weighted by Crippen LogP contribution is -2.39. The number of ether oxygens (including phenoxy) is 1. The van der Waals surface area contributed by atoms with Gasteiger partial charge < -0.3 is 20.3 Å². The second-order valence-corrected chi connectivity index (χ2v) is 7.57. The second kappa shape index (κ2) is 10.9. The molecule has 0 saturated carbocycles. The molecule has 7 heteroatoms. The summed E-state index contributed by atoms with van der Waals surface area (Å²) in [5, 5.41) is 9.96. The van der Waals surface area contributed by atoms with Crippen LogP contribution in [0.15, 0.2) is 34.6 Å². The first-order valence-electron chi connectivity index (χ1n) is 9.27. The Labute approximate surface area is 166 Å². The van der Waals surface area contributed by atoms with Crippen LogP contribution in [0.4, 0.5) is 0 Å². The lowest BCUT2D eigenvalue weighted by molar-refractivity contribution is 0.306. The van der Waals surface area contributed by atoms with Gasteiger partial charge in [0.25, 0.3) is 0 Å². The van der Waals surface area contributed by atoms with Gasteiger partial charge in [-0.1, -0.05) is 12.1 Å². The van der Waals surface area contributed by atoms with Crippen LogP contribution in [0.2, 0.25) is 0 Å². The van der Waals surface area contributed by atoms with Crippen LogP contribution in [0.3, 0.4) is 0 Å². The Bertz CT molecular complexity index is 711. The first kappa shape index (κ1) is 21.2. The fraction of sp³-hybridized carbons (Fsp3) is 0.500. The fourth-order valence-electron chi connectivity index (χ4n) is 2.74. The molecule has 148 valence electrons. The van der Waals surface area contributed by atoms with Gasteiger partial charge >= 0.3 is 0 Å². The monoisotopic (exact) mass is 389 g/mol. The molecule has 0 aliphatic carbocycles. The van der Waals surface area contributed by atoms with Crippen LogP contribution < -0.4 is 15.4 Å². The molecule has 1 aromatic heterocycles. The summed E-state index contributed by atoms with van der Waals surface area (Å²) >= 11 is 1.69. The molecule has 0 radical (unpaired) electrons. The molecule has 0 aliphatic heterocycles. The number of hydrogen-bond acceptors (Lipinski definition) is 5. The maximum absolute atomic E-state index is 5.26. The average Bonchev–Trinajstić information content (AvgIpc) is 3.07. The van der Waals surface area contributed by atoms with Gasteiger partial charge in [-0.25, -0.2) is 4.98 Å². The quantitative estimate of drug-likeness (QED) is 0.510. The van der Waals surface area contributed by atoms with E-state index >= 15 is 0 Å². The summed E-state index contributed by atoms with van der Waals surface area (Å²) in [4.78, 5) is 11.5. The predicted molar refractivity (Wildman–Crippen MR) is 114 cm³/mol. The molecule has 0 amide bonds. The van der Waals surface area contributed by atoms with E-state index in [-0.39, 0.29) is 6.04 Å². The summed E-state index contributed by atoms with van der Waals surface area (Å²) in [6.45, 7) is 6.42. The van der Waals surface area contributed by atoms with E-state index in [2.05, 4.69) is 59.0 Å². The Kier molecular flexibility index (Phi) is 8.54. The van der Waals surface area contributed by atoms with Crippen molar-refractivity contribution >= 4 is 17.3 Å². The zero-order valence-corrected chi connectivity index (χ0v) is 17.8. The van der Waals surface area contributed by atoms with Crippen molar-refractivity contribution in [3.8, 4) is 5.75 Å². The number of guanidine groups is 1. The van der Waals surface area contributed by atoms with Crippen molar-refractivity contribution in [1.29, 1.82) is 0 Å². The van der Waals surface area contributed by atoms with Crippen LogP contribution in [-0.4, -0.2) is 56.7 Å². The van der Waals surface area contributed by atoms with Crippen LogP contribution in [0.25, 0.3) is 0 Å². The van der Waals surface area contributed by atoms with E-state index in [0.29, 0.717) is 6.54 Å². The van der Waals surface area contributed by atoms with Gasteiger partial charge in [-0.15, -0.1) is 11.3 Å². The summed E-state index contributed by atoms with van der Waals surface area (Å²) in [5.41, 5.74) is 2.35. The summed E-state index contributed by atoms with van der Waals surface area (Å²) in [5.74, 6) is 1.71. The van der Waals surface area contributed by atoms with Crippen LogP contribution >= 0.6 is 11.3 Å². The Morgan fingerprint density at radius 1 is 1.26 bits per heavy atom. The topological polar surface area (TPSA) is 61.8 Å². The van der Waals surface area contributed by atoms with Gasteiger partial charge in [-0.2, -0.15) is 0 Å². The predicted octanol–water partition coefficient (Wildman–Crippen LogP) is 2.86. The largest absolute Gasteiger partial charge is 0.497 e. The number of thiazole rings is 1. The number of aliphatic imine (C=N–C) groups is 1. The number of hydrogen-bond donors (Lipinski definition) is 2. The van der Waals surface area contributed by atoms with E-state index in [9.17, 15) is 0 Å². The molecule has 0 bridgehead atoms. The van der Waals surface area contributed by atoms with E-state index in [1.54, 1.807) is 18.4 Å². The minimum atomic E-state index is 0.201. The van der Waals surface area contributed by atoms with Gasteiger partial charge in [0.05, 0.1) is 30.4 Å². The highest BCUT2D eigenvalue weighted by molar-refractivity contribution is 7.09. The highest BCUT2D eigenvalue weighted by Gasteiger charge is 2.14. The molecular weight excluding hydrogens is 358 g/mol. The molecule has 27 heavy (non-hydrogen) atoms. The van der Waals surface area contributed by atoms with Gasteiger partial charge in [-0.05, 0) is 45.6 Å². The van der Waals surface area contributed by atoms with E-state index in [4.69, 9.17) is 9.73 Å². The number of likely N-dealkylation sites (N-methyl/N-ethyl adjacent to an activating group) is 1. The molecular formula is C20H31N5OS. The van der Waals surface area contributed by atoms with Gasteiger partial charge in [0.2, 0.25) is 0 Å². The van der Waals surface area contributed by atoms with Gasteiger partial charge in [0.1, 0.15) is 5.75 Å². The number of rotatable bonds is 9. The molecule has 1 aromatic carbocycles. The third kappa shape index (κ3) is 6.84. The fourth-order valence-corrected chi connectivity index (χ4v) is 3.39. The van der Waals surface area contributed by atoms with Gasteiger partial charge in [0.15, 0.2) is 5.96 Å². The second-order valence-electron chi connectivity index (χ2n) is 6.51. The van der Waals surface area contributed by atoms with Crippen LogP contribution in [0, 0.1) is 6.92 Å². The van der Waals surface area contributed by atoms with Gasteiger partial charge in [0, 0.05) is 24.9 Å². The zero-order valence-electron chi connectivity index (χ0n) is 17.0. The molecule has 2 aromatic rings. The van der Waals surface area contributed by atoms with Crippen molar-refractivity contribution in [3.63, 3.8) is 0 Å². The van der Waals surface area contributed by atoms with Crippen LogP contribution in [-0.2, 0) is 6.42 Å². The average molecular weight is 390 g/mol. The van der Waals surface area contributed by atoms with Crippen molar-refractivity contribution in [2.45, 2.75) is 26.3 Å². The van der Waals surface area contributed by atoms with Crippen molar-refractivity contribution < 1.29 is 4.74 Å². The molecule has 1 atom stereocenters. The first-order valence-corrected chi connectivity index (χ1v) is 10.1. The third-order valence-corrected chi connectivity index (χ3v) is 5.05. The number of nitrogens with one attached hydrogen (secondary N) is 2. The number of aromatic nitrogens is 1. The molecule has 0 spiro atoms. The zero-order chi connectivity index (χ0) is 19.6. The Morgan fingerprint density at radius 2 is 2.00 bits per heavy atom. The summed E-state index contributed by atoms with van der Waals surface area (Å²) < 4.78 is 5.26. The van der Waals surface area contributed by atoms with E-state index in [1.165, 1.54) is 5.56 Å². The van der Waals surface area contributed by atoms with Crippen molar-refractivity contribution in [2.24, 2.45) is 4.99 Å². The molecule has 1 unspecified atom stereocenters. The Hall–Kier alpha value is -2.12. The lowest BCUT2D eigenvalue weighted by atomic mass is 10.1.